The van der Waals surface area contributed by atoms with Gasteiger partial charge < -0.3 is 15.5 Å². The monoisotopic (exact) mass is 237 g/mol. The maximum absolute atomic E-state index is 13.3. The first-order chi connectivity index (χ1) is 8.16. The van der Waals surface area contributed by atoms with Crippen molar-refractivity contribution in [2.24, 2.45) is 0 Å². The lowest BCUT2D eigenvalue weighted by Crippen LogP contribution is -2.52. The summed E-state index contributed by atoms with van der Waals surface area (Å²) in [5.74, 6) is -0.413. The lowest BCUT2D eigenvalue weighted by molar-refractivity contribution is 0.192. The number of nitrogens with one attached hydrogen (secondary N) is 2. The third kappa shape index (κ3) is 2.94. The number of carbonyl (C=O) groups excluding carboxylic acids is 1. The van der Waals surface area contributed by atoms with Crippen LogP contribution in [0.25, 0.3) is 0 Å². The number of para-hydroxylation sites is 1. The Morgan fingerprint density at radius 3 is 3.00 bits per heavy atom. The normalized spacial score (nSPS) is 20.1. The van der Waals surface area contributed by atoms with Gasteiger partial charge in [0.25, 0.3) is 0 Å². The van der Waals surface area contributed by atoms with Gasteiger partial charge in [-0.05, 0) is 19.1 Å². The van der Waals surface area contributed by atoms with E-state index in [-0.39, 0.29) is 17.8 Å². The molecule has 1 unspecified atom stereocenters. The SMILES string of the molecule is CC1CN(C(=O)Nc2ccccc2F)CCN1. The first-order valence-corrected chi connectivity index (χ1v) is 5.70. The number of carbonyl (C=O) groups is 1. The molecule has 4 nitrogen and oxygen atoms in total. The fourth-order valence-corrected chi connectivity index (χ4v) is 1.87. The van der Waals surface area contributed by atoms with Crippen molar-refractivity contribution in [3.8, 4) is 0 Å². The van der Waals surface area contributed by atoms with E-state index in [1.165, 1.54) is 6.07 Å². The van der Waals surface area contributed by atoms with E-state index in [0.29, 0.717) is 13.1 Å². The molecule has 0 aliphatic carbocycles. The zero-order chi connectivity index (χ0) is 12.3. The standard InChI is InChI=1S/C12H16FN3O/c1-9-8-16(7-6-14-9)12(17)15-11-5-3-2-4-10(11)13/h2-5,9,14H,6-8H2,1H3,(H,15,17). The number of urea groups is 1. The highest BCUT2D eigenvalue weighted by molar-refractivity contribution is 5.89. The molecule has 92 valence electrons. The molecule has 0 bridgehead atoms. The second kappa shape index (κ2) is 5.14. The van der Waals surface area contributed by atoms with E-state index in [9.17, 15) is 9.18 Å². The molecule has 5 heteroatoms. The highest BCUT2D eigenvalue weighted by Gasteiger charge is 2.20. The Labute approximate surface area is 99.8 Å². The van der Waals surface area contributed by atoms with Crippen molar-refractivity contribution in [3.05, 3.63) is 30.1 Å². The fraction of sp³-hybridized carbons (Fsp3) is 0.417. The van der Waals surface area contributed by atoms with Gasteiger partial charge in [0.15, 0.2) is 0 Å². The summed E-state index contributed by atoms with van der Waals surface area (Å²) in [4.78, 5) is 13.6. The number of halogens is 1. The average molecular weight is 237 g/mol. The van der Waals surface area contributed by atoms with Gasteiger partial charge in [0.1, 0.15) is 5.82 Å². The smallest absolute Gasteiger partial charge is 0.322 e. The van der Waals surface area contributed by atoms with Gasteiger partial charge in [0.05, 0.1) is 5.69 Å². The molecule has 1 aromatic rings. The summed E-state index contributed by atoms with van der Waals surface area (Å²) >= 11 is 0. The predicted molar refractivity (Wildman–Crippen MR) is 64.5 cm³/mol. The topological polar surface area (TPSA) is 44.4 Å². The Kier molecular flexibility index (Phi) is 3.58. The van der Waals surface area contributed by atoms with Crippen molar-refractivity contribution >= 4 is 11.7 Å². The zero-order valence-electron chi connectivity index (χ0n) is 9.74. The van der Waals surface area contributed by atoms with Crippen LogP contribution in [0.1, 0.15) is 6.92 Å². The summed E-state index contributed by atoms with van der Waals surface area (Å²) in [5, 5.41) is 5.83. The van der Waals surface area contributed by atoms with Gasteiger partial charge in [-0.1, -0.05) is 12.1 Å². The largest absolute Gasteiger partial charge is 0.322 e. The number of hydrogen-bond donors (Lipinski definition) is 2. The molecule has 1 fully saturated rings. The van der Waals surface area contributed by atoms with Crippen molar-refractivity contribution in [1.29, 1.82) is 0 Å². The van der Waals surface area contributed by atoms with E-state index < -0.39 is 5.82 Å². The molecule has 1 aliphatic heterocycles. The predicted octanol–water partition coefficient (Wildman–Crippen LogP) is 1.65. The molecule has 1 aromatic carbocycles. The van der Waals surface area contributed by atoms with Gasteiger partial charge in [-0.25, -0.2) is 9.18 Å². The minimum atomic E-state index is -0.413. The van der Waals surface area contributed by atoms with E-state index >= 15 is 0 Å². The molecular formula is C12H16FN3O. The summed E-state index contributed by atoms with van der Waals surface area (Å²) in [6.07, 6.45) is 0. The molecule has 2 amide bonds. The van der Waals surface area contributed by atoms with Crippen molar-refractivity contribution in [3.63, 3.8) is 0 Å². The molecule has 0 radical (unpaired) electrons. The van der Waals surface area contributed by atoms with Crippen LogP contribution < -0.4 is 10.6 Å². The van der Waals surface area contributed by atoms with E-state index in [0.717, 1.165) is 6.54 Å². The molecule has 1 heterocycles. The van der Waals surface area contributed by atoms with Crippen LogP contribution in [0, 0.1) is 5.82 Å². The molecule has 2 N–H and O–H groups in total. The van der Waals surface area contributed by atoms with Gasteiger partial charge in [-0.3, -0.25) is 0 Å². The quantitative estimate of drug-likeness (QED) is 0.780. The van der Waals surface area contributed by atoms with Crippen LogP contribution in [-0.2, 0) is 0 Å². The maximum Gasteiger partial charge on any atom is 0.322 e. The molecule has 0 aromatic heterocycles. The van der Waals surface area contributed by atoms with E-state index in [2.05, 4.69) is 10.6 Å². The number of benzene rings is 1. The highest BCUT2D eigenvalue weighted by Crippen LogP contribution is 2.13. The molecule has 1 aliphatic rings. The summed E-state index contributed by atoms with van der Waals surface area (Å²) in [7, 11) is 0. The maximum atomic E-state index is 13.3. The van der Waals surface area contributed by atoms with E-state index in [4.69, 9.17) is 0 Å². The third-order valence-corrected chi connectivity index (χ3v) is 2.77. The highest BCUT2D eigenvalue weighted by atomic mass is 19.1. The second-order valence-corrected chi connectivity index (χ2v) is 4.21. The van der Waals surface area contributed by atoms with Crippen molar-refractivity contribution < 1.29 is 9.18 Å². The first-order valence-electron chi connectivity index (χ1n) is 5.70. The number of amides is 2. The molecule has 2 rings (SSSR count). The number of anilines is 1. The molecule has 1 atom stereocenters. The molecule has 17 heavy (non-hydrogen) atoms. The lowest BCUT2D eigenvalue weighted by atomic mass is 10.2. The number of piperazine rings is 1. The fourth-order valence-electron chi connectivity index (χ4n) is 1.87. The Bertz CT molecular complexity index is 410. The van der Waals surface area contributed by atoms with Gasteiger partial charge in [0, 0.05) is 25.7 Å². The Morgan fingerprint density at radius 2 is 2.29 bits per heavy atom. The lowest BCUT2D eigenvalue weighted by Gasteiger charge is -2.31. The van der Waals surface area contributed by atoms with Gasteiger partial charge >= 0.3 is 6.03 Å². The van der Waals surface area contributed by atoms with Crippen LogP contribution in [0.5, 0.6) is 0 Å². The average Bonchev–Trinajstić information content (AvgIpc) is 2.32. The number of nitrogens with zero attached hydrogens (tertiary/aromatic N) is 1. The van der Waals surface area contributed by atoms with Crippen LogP contribution in [0.4, 0.5) is 14.9 Å². The van der Waals surface area contributed by atoms with E-state index in [1.807, 2.05) is 6.92 Å². The summed E-state index contributed by atoms with van der Waals surface area (Å²) in [6, 6.07) is 6.20. The zero-order valence-corrected chi connectivity index (χ0v) is 9.74. The minimum absolute atomic E-state index is 0.226. The van der Waals surface area contributed by atoms with Crippen molar-refractivity contribution in [2.75, 3.05) is 25.0 Å². The van der Waals surface area contributed by atoms with Crippen LogP contribution >= 0.6 is 0 Å². The third-order valence-electron chi connectivity index (χ3n) is 2.77. The minimum Gasteiger partial charge on any atom is -0.322 e. The Balaban J connectivity index is 1.99. The molecular weight excluding hydrogens is 221 g/mol. The van der Waals surface area contributed by atoms with Crippen LogP contribution in [-0.4, -0.2) is 36.6 Å². The molecule has 0 saturated carbocycles. The Morgan fingerprint density at radius 1 is 1.53 bits per heavy atom. The van der Waals surface area contributed by atoms with E-state index in [1.54, 1.807) is 23.1 Å². The molecule has 0 spiro atoms. The summed E-state index contributed by atoms with van der Waals surface area (Å²) in [6.45, 7) is 4.07. The Hall–Kier alpha value is -1.62. The van der Waals surface area contributed by atoms with Gasteiger partial charge in [0.2, 0.25) is 0 Å². The van der Waals surface area contributed by atoms with Gasteiger partial charge in [-0.2, -0.15) is 0 Å². The molecule has 1 saturated heterocycles. The van der Waals surface area contributed by atoms with Crippen molar-refractivity contribution in [1.82, 2.24) is 10.2 Å². The summed E-state index contributed by atoms with van der Waals surface area (Å²) in [5.41, 5.74) is 0.226. The van der Waals surface area contributed by atoms with Crippen LogP contribution in [0.2, 0.25) is 0 Å². The first kappa shape index (κ1) is 11.9. The number of hydrogen-bond acceptors (Lipinski definition) is 2. The summed E-state index contributed by atoms with van der Waals surface area (Å²) < 4.78 is 13.3. The second-order valence-electron chi connectivity index (χ2n) is 4.21. The number of rotatable bonds is 1. The van der Waals surface area contributed by atoms with Crippen LogP contribution in [0.15, 0.2) is 24.3 Å². The van der Waals surface area contributed by atoms with Gasteiger partial charge in [-0.15, -0.1) is 0 Å². The van der Waals surface area contributed by atoms with Crippen molar-refractivity contribution in [2.45, 2.75) is 13.0 Å². The van der Waals surface area contributed by atoms with Crippen LogP contribution in [0.3, 0.4) is 0 Å².